The van der Waals surface area contributed by atoms with Gasteiger partial charge in [-0.25, -0.2) is 9.97 Å². The molecule has 0 fully saturated rings. The van der Waals surface area contributed by atoms with Crippen LogP contribution >= 0.6 is 0 Å². The first-order chi connectivity index (χ1) is 9.08. The summed E-state index contributed by atoms with van der Waals surface area (Å²) in [4.78, 5) is 24.1. The molecule has 0 spiro atoms. The van der Waals surface area contributed by atoms with Crippen LogP contribution in [0.15, 0.2) is 12.4 Å². The quantitative estimate of drug-likeness (QED) is 0.795. The minimum Gasteiger partial charge on any atom is -0.369 e. The molecule has 1 aromatic heterocycles. The molecule has 0 saturated heterocycles. The van der Waals surface area contributed by atoms with Crippen molar-refractivity contribution in [3.8, 4) is 0 Å². The van der Waals surface area contributed by atoms with Crippen LogP contribution in [0.25, 0.3) is 0 Å². The van der Waals surface area contributed by atoms with E-state index in [0.29, 0.717) is 24.6 Å². The number of hydrogen-bond acceptors (Lipinski definition) is 5. The number of likely N-dealkylation sites (N-methyl/N-ethyl adjacent to an activating group) is 1. The smallest absolute Gasteiger partial charge is 0.272 e. The molecule has 6 heteroatoms. The van der Waals surface area contributed by atoms with Gasteiger partial charge in [-0.2, -0.15) is 0 Å². The summed E-state index contributed by atoms with van der Waals surface area (Å²) in [5.41, 5.74) is 0.436. The molecule has 0 aliphatic rings. The van der Waals surface area contributed by atoms with Crippen molar-refractivity contribution in [2.75, 3.05) is 45.6 Å². The van der Waals surface area contributed by atoms with Gasteiger partial charge in [0.05, 0.1) is 0 Å². The van der Waals surface area contributed by atoms with Gasteiger partial charge in [-0.3, -0.25) is 4.79 Å². The highest BCUT2D eigenvalue weighted by atomic mass is 16.2. The summed E-state index contributed by atoms with van der Waals surface area (Å²) in [7, 11) is 4.02. The van der Waals surface area contributed by atoms with Gasteiger partial charge in [-0.1, -0.05) is 0 Å². The van der Waals surface area contributed by atoms with Crippen LogP contribution in [-0.2, 0) is 0 Å². The highest BCUT2D eigenvalue weighted by Gasteiger charge is 2.14. The maximum atomic E-state index is 12.1. The number of carbonyl (C=O) groups is 1. The number of carbonyl (C=O) groups excluding carboxylic acids is 1. The SMILES string of the molecule is CCN(CC)C(=O)c1cc(NCCN(C)C)ncn1. The van der Waals surface area contributed by atoms with E-state index in [1.165, 1.54) is 6.33 Å². The molecule has 0 aliphatic heterocycles. The zero-order chi connectivity index (χ0) is 14.3. The van der Waals surface area contributed by atoms with Crippen molar-refractivity contribution < 1.29 is 4.79 Å². The summed E-state index contributed by atoms with van der Waals surface area (Å²) >= 11 is 0. The molecule has 6 nitrogen and oxygen atoms in total. The third kappa shape index (κ3) is 4.82. The second kappa shape index (κ2) is 7.68. The van der Waals surface area contributed by atoms with Crippen LogP contribution in [0.2, 0.25) is 0 Å². The third-order valence-corrected chi connectivity index (χ3v) is 2.80. The first kappa shape index (κ1) is 15.4. The Morgan fingerprint density at radius 2 is 1.95 bits per heavy atom. The minimum atomic E-state index is -0.0527. The fourth-order valence-electron chi connectivity index (χ4n) is 1.65. The molecule has 1 N–H and O–H groups in total. The molecule has 0 aliphatic carbocycles. The molecule has 0 radical (unpaired) electrons. The second-order valence-corrected chi connectivity index (χ2v) is 4.50. The molecule has 0 unspecified atom stereocenters. The van der Waals surface area contributed by atoms with Gasteiger partial charge in [-0.15, -0.1) is 0 Å². The van der Waals surface area contributed by atoms with Crippen LogP contribution < -0.4 is 5.32 Å². The number of nitrogens with zero attached hydrogens (tertiary/aromatic N) is 4. The lowest BCUT2D eigenvalue weighted by molar-refractivity contribution is 0.0767. The molecule has 1 rings (SSSR count). The largest absolute Gasteiger partial charge is 0.369 e. The average molecular weight is 265 g/mol. The predicted molar refractivity (Wildman–Crippen MR) is 76.3 cm³/mol. The molecule has 0 bridgehead atoms. The molecule has 19 heavy (non-hydrogen) atoms. The minimum absolute atomic E-state index is 0.0527. The Balaban J connectivity index is 2.68. The van der Waals surface area contributed by atoms with E-state index in [0.717, 1.165) is 13.1 Å². The van der Waals surface area contributed by atoms with E-state index in [9.17, 15) is 4.79 Å². The van der Waals surface area contributed by atoms with Gasteiger partial charge in [0.25, 0.3) is 5.91 Å². The van der Waals surface area contributed by atoms with Crippen molar-refractivity contribution in [2.45, 2.75) is 13.8 Å². The summed E-state index contributed by atoms with van der Waals surface area (Å²) in [6.07, 6.45) is 1.43. The van der Waals surface area contributed by atoms with Gasteiger partial charge in [0.2, 0.25) is 0 Å². The van der Waals surface area contributed by atoms with Crippen LogP contribution in [0.5, 0.6) is 0 Å². The third-order valence-electron chi connectivity index (χ3n) is 2.80. The van der Waals surface area contributed by atoms with Crippen molar-refractivity contribution in [1.82, 2.24) is 19.8 Å². The summed E-state index contributed by atoms with van der Waals surface area (Å²) < 4.78 is 0. The molecular weight excluding hydrogens is 242 g/mol. The standard InChI is InChI=1S/C13H23N5O/c1-5-18(6-2)13(19)11-9-12(16-10-15-11)14-7-8-17(3)4/h9-10H,5-8H2,1-4H3,(H,14,15,16). The summed E-state index contributed by atoms with van der Waals surface area (Å²) in [6.45, 7) is 6.97. The van der Waals surface area contributed by atoms with E-state index in [4.69, 9.17) is 0 Å². The average Bonchev–Trinajstić information content (AvgIpc) is 2.40. The Bertz CT molecular complexity index is 404. The van der Waals surface area contributed by atoms with Crippen LogP contribution in [0.3, 0.4) is 0 Å². The van der Waals surface area contributed by atoms with Crippen molar-refractivity contribution in [1.29, 1.82) is 0 Å². The molecule has 1 heterocycles. The van der Waals surface area contributed by atoms with E-state index < -0.39 is 0 Å². The summed E-state index contributed by atoms with van der Waals surface area (Å²) in [6, 6.07) is 1.70. The summed E-state index contributed by atoms with van der Waals surface area (Å²) in [5.74, 6) is 0.635. The van der Waals surface area contributed by atoms with E-state index in [1.54, 1.807) is 11.0 Å². The Kier molecular flexibility index (Phi) is 6.21. The highest BCUT2D eigenvalue weighted by Crippen LogP contribution is 2.06. The number of anilines is 1. The van der Waals surface area contributed by atoms with E-state index >= 15 is 0 Å². The number of rotatable bonds is 7. The second-order valence-electron chi connectivity index (χ2n) is 4.50. The van der Waals surface area contributed by atoms with Crippen LogP contribution in [0, 0.1) is 0 Å². The van der Waals surface area contributed by atoms with E-state index in [-0.39, 0.29) is 5.91 Å². The maximum Gasteiger partial charge on any atom is 0.272 e. The van der Waals surface area contributed by atoms with Gasteiger partial charge < -0.3 is 15.1 Å². The zero-order valence-electron chi connectivity index (χ0n) is 12.2. The molecular formula is C13H23N5O. The lowest BCUT2D eigenvalue weighted by Crippen LogP contribution is -2.31. The number of amides is 1. The van der Waals surface area contributed by atoms with Gasteiger partial charge in [0.1, 0.15) is 17.8 Å². The molecule has 1 amide bonds. The first-order valence-electron chi connectivity index (χ1n) is 6.58. The molecule has 0 saturated carbocycles. The fraction of sp³-hybridized carbons (Fsp3) is 0.615. The van der Waals surface area contributed by atoms with Gasteiger partial charge in [0.15, 0.2) is 0 Å². The molecule has 106 valence electrons. The Labute approximate surface area is 114 Å². The summed E-state index contributed by atoms with van der Waals surface area (Å²) in [5, 5.41) is 3.18. The maximum absolute atomic E-state index is 12.1. The van der Waals surface area contributed by atoms with Crippen molar-refractivity contribution in [3.63, 3.8) is 0 Å². The number of nitrogens with one attached hydrogen (secondary N) is 1. The predicted octanol–water partition coefficient (Wildman–Crippen LogP) is 0.932. The Morgan fingerprint density at radius 1 is 1.26 bits per heavy atom. The molecule has 0 aromatic carbocycles. The van der Waals surface area contributed by atoms with E-state index in [2.05, 4.69) is 20.2 Å². The highest BCUT2D eigenvalue weighted by molar-refractivity contribution is 5.92. The van der Waals surface area contributed by atoms with E-state index in [1.807, 2.05) is 27.9 Å². The lowest BCUT2D eigenvalue weighted by atomic mass is 10.3. The zero-order valence-corrected chi connectivity index (χ0v) is 12.2. The van der Waals surface area contributed by atoms with Crippen molar-refractivity contribution in [3.05, 3.63) is 18.1 Å². The van der Waals surface area contributed by atoms with Gasteiger partial charge >= 0.3 is 0 Å². The van der Waals surface area contributed by atoms with Crippen LogP contribution in [0.4, 0.5) is 5.82 Å². The Hall–Kier alpha value is -1.69. The lowest BCUT2D eigenvalue weighted by Gasteiger charge is -2.18. The van der Waals surface area contributed by atoms with Gasteiger partial charge in [-0.05, 0) is 27.9 Å². The van der Waals surface area contributed by atoms with Crippen molar-refractivity contribution >= 4 is 11.7 Å². The van der Waals surface area contributed by atoms with Crippen molar-refractivity contribution in [2.24, 2.45) is 0 Å². The number of hydrogen-bond donors (Lipinski definition) is 1. The van der Waals surface area contributed by atoms with Gasteiger partial charge in [0, 0.05) is 32.2 Å². The monoisotopic (exact) mass is 265 g/mol. The Morgan fingerprint density at radius 3 is 2.53 bits per heavy atom. The topological polar surface area (TPSA) is 61.4 Å². The number of aromatic nitrogens is 2. The van der Waals surface area contributed by atoms with Crippen LogP contribution in [-0.4, -0.2) is 65.9 Å². The fourth-order valence-corrected chi connectivity index (χ4v) is 1.65. The first-order valence-corrected chi connectivity index (χ1v) is 6.58. The molecule has 1 aromatic rings. The van der Waals surface area contributed by atoms with Crippen LogP contribution in [0.1, 0.15) is 24.3 Å². The normalized spacial score (nSPS) is 10.6. The molecule has 0 atom stereocenters.